The van der Waals surface area contributed by atoms with Gasteiger partial charge < -0.3 is 5.32 Å². The van der Waals surface area contributed by atoms with Crippen molar-refractivity contribution in [3.8, 4) is 0 Å². The van der Waals surface area contributed by atoms with Gasteiger partial charge in [0.2, 0.25) is 0 Å². The molecular formula is C16H17BrN2O2. The number of nitro groups is 1. The summed E-state index contributed by atoms with van der Waals surface area (Å²) in [6.45, 7) is 4.15. The summed E-state index contributed by atoms with van der Waals surface area (Å²) >= 11 is 3.47. The quantitative estimate of drug-likeness (QED) is 0.625. The Morgan fingerprint density at radius 1 is 1.05 bits per heavy atom. The molecule has 21 heavy (non-hydrogen) atoms. The Morgan fingerprint density at radius 2 is 1.67 bits per heavy atom. The lowest BCUT2D eigenvalue weighted by atomic mass is 10.0. The molecule has 0 aliphatic heterocycles. The van der Waals surface area contributed by atoms with Gasteiger partial charge in [-0.05, 0) is 37.1 Å². The molecule has 4 nitrogen and oxygen atoms in total. The third-order valence-electron chi connectivity index (χ3n) is 3.45. The van der Waals surface area contributed by atoms with Gasteiger partial charge in [-0.25, -0.2) is 0 Å². The highest BCUT2D eigenvalue weighted by atomic mass is 79.9. The normalized spacial score (nSPS) is 13.7. The monoisotopic (exact) mass is 348 g/mol. The minimum Gasteiger partial charge on any atom is -0.304 e. The van der Waals surface area contributed by atoms with E-state index in [0.717, 1.165) is 10.0 Å². The van der Waals surface area contributed by atoms with Crippen LogP contribution in [-0.2, 0) is 0 Å². The molecule has 2 aromatic rings. The number of non-ortho nitro benzene ring substituents is 1. The third kappa shape index (κ3) is 4.12. The molecule has 2 atom stereocenters. The molecule has 0 heterocycles. The van der Waals surface area contributed by atoms with Gasteiger partial charge in [0.25, 0.3) is 5.69 Å². The van der Waals surface area contributed by atoms with Crippen molar-refractivity contribution in [3.63, 3.8) is 0 Å². The van der Waals surface area contributed by atoms with Crippen molar-refractivity contribution in [2.45, 2.75) is 25.9 Å². The van der Waals surface area contributed by atoms with Crippen LogP contribution in [0.4, 0.5) is 5.69 Å². The Bertz CT molecular complexity index is 628. The van der Waals surface area contributed by atoms with E-state index in [2.05, 4.69) is 47.2 Å². The van der Waals surface area contributed by atoms with Crippen LogP contribution in [0.2, 0.25) is 0 Å². The second-order valence-corrected chi connectivity index (χ2v) is 5.93. The van der Waals surface area contributed by atoms with E-state index < -0.39 is 0 Å². The van der Waals surface area contributed by atoms with E-state index in [1.165, 1.54) is 17.7 Å². The Hall–Kier alpha value is -1.72. The maximum atomic E-state index is 10.7. The van der Waals surface area contributed by atoms with Crippen molar-refractivity contribution in [1.82, 2.24) is 5.32 Å². The summed E-state index contributed by atoms with van der Waals surface area (Å²) < 4.78 is 1.05. The summed E-state index contributed by atoms with van der Waals surface area (Å²) in [6.07, 6.45) is 0. The van der Waals surface area contributed by atoms with Gasteiger partial charge in [0.05, 0.1) is 4.92 Å². The molecule has 1 N–H and O–H groups in total. The van der Waals surface area contributed by atoms with Crippen molar-refractivity contribution in [1.29, 1.82) is 0 Å². The second-order valence-electron chi connectivity index (χ2n) is 5.01. The Morgan fingerprint density at radius 3 is 2.24 bits per heavy atom. The molecule has 0 fully saturated rings. The molecule has 2 rings (SSSR count). The van der Waals surface area contributed by atoms with E-state index in [9.17, 15) is 10.1 Å². The fraction of sp³-hybridized carbons (Fsp3) is 0.250. The number of halogens is 1. The van der Waals surface area contributed by atoms with Crippen LogP contribution in [0.15, 0.2) is 53.0 Å². The van der Waals surface area contributed by atoms with Gasteiger partial charge in [0, 0.05) is 28.7 Å². The third-order valence-corrected chi connectivity index (χ3v) is 3.95. The summed E-state index contributed by atoms with van der Waals surface area (Å²) in [7, 11) is 0. The standard InChI is InChI=1S/C16H17BrN2O2/c1-11(13-6-8-16(9-7-13)19(20)21)18-12(2)14-4-3-5-15(17)10-14/h3-12,18H,1-2H3. The molecule has 0 saturated heterocycles. The summed E-state index contributed by atoms with van der Waals surface area (Å²) in [4.78, 5) is 10.3. The number of nitrogens with one attached hydrogen (secondary N) is 1. The van der Waals surface area contributed by atoms with Crippen LogP contribution < -0.4 is 5.32 Å². The van der Waals surface area contributed by atoms with Crippen LogP contribution >= 0.6 is 15.9 Å². The molecule has 0 aliphatic carbocycles. The van der Waals surface area contributed by atoms with E-state index >= 15 is 0 Å². The van der Waals surface area contributed by atoms with E-state index in [4.69, 9.17) is 0 Å². The Kier molecular flexibility index (Phi) is 5.09. The number of hydrogen-bond donors (Lipinski definition) is 1. The molecule has 0 radical (unpaired) electrons. The molecular weight excluding hydrogens is 332 g/mol. The van der Waals surface area contributed by atoms with Crippen molar-refractivity contribution in [3.05, 3.63) is 74.2 Å². The minimum absolute atomic E-state index is 0.111. The van der Waals surface area contributed by atoms with Crippen LogP contribution in [0.3, 0.4) is 0 Å². The lowest BCUT2D eigenvalue weighted by molar-refractivity contribution is -0.384. The summed E-state index contributed by atoms with van der Waals surface area (Å²) in [5, 5.41) is 14.2. The zero-order valence-electron chi connectivity index (χ0n) is 11.9. The smallest absolute Gasteiger partial charge is 0.269 e. The number of nitrogens with zero attached hydrogens (tertiary/aromatic N) is 1. The lowest BCUT2D eigenvalue weighted by Crippen LogP contribution is -2.22. The molecule has 0 aliphatic rings. The molecule has 0 amide bonds. The van der Waals surface area contributed by atoms with Crippen LogP contribution in [0, 0.1) is 10.1 Å². The maximum absolute atomic E-state index is 10.7. The van der Waals surface area contributed by atoms with Gasteiger partial charge in [-0.1, -0.05) is 40.2 Å². The fourth-order valence-electron chi connectivity index (χ4n) is 2.23. The van der Waals surface area contributed by atoms with Crippen LogP contribution in [-0.4, -0.2) is 4.92 Å². The highest BCUT2D eigenvalue weighted by molar-refractivity contribution is 9.10. The first kappa shape index (κ1) is 15.7. The Balaban J connectivity index is 2.06. The maximum Gasteiger partial charge on any atom is 0.269 e. The molecule has 0 bridgehead atoms. The molecule has 0 saturated carbocycles. The molecule has 0 spiro atoms. The number of nitro benzene ring substituents is 1. The van der Waals surface area contributed by atoms with Crippen molar-refractivity contribution in [2.24, 2.45) is 0 Å². The first-order valence-electron chi connectivity index (χ1n) is 6.73. The largest absolute Gasteiger partial charge is 0.304 e. The zero-order chi connectivity index (χ0) is 15.4. The van der Waals surface area contributed by atoms with E-state index in [-0.39, 0.29) is 22.7 Å². The van der Waals surface area contributed by atoms with Gasteiger partial charge >= 0.3 is 0 Å². The topological polar surface area (TPSA) is 55.2 Å². The van der Waals surface area contributed by atoms with Crippen LogP contribution in [0.25, 0.3) is 0 Å². The molecule has 0 aromatic heterocycles. The first-order valence-corrected chi connectivity index (χ1v) is 7.52. The highest BCUT2D eigenvalue weighted by Gasteiger charge is 2.12. The number of rotatable bonds is 5. The minimum atomic E-state index is -0.383. The van der Waals surface area contributed by atoms with E-state index in [1.54, 1.807) is 12.1 Å². The van der Waals surface area contributed by atoms with Gasteiger partial charge in [0.1, 0.15) is 0 Å². The molecule has 110 valence electrons. The van der Waals surface area contributed by atoms with Gasteiger partial charge in [-0.2, -0.15) is 0 Å². The van der Waals surface area contributed by atoms with E-state index in [1.807, 2.05) is 12.1 Å². The number of hydrogen-bond acceptors (Lipinski definition) is 3. The number of benzene rings is 2. The van der Waals surface area contributed by atoms with Gasteiger partial charge in [-0.15, -0.1) is 0 Å². The first-order chi connectivity index (χ1) is 9.97. The second kappa shape index (κ2) is 6.83. The predicted molar refractivity (Wildman–Crippen MR) is 87.2 cm³/mol. The molecule has 2 aromatic carbocycles. The summed E-state index contributed by atoms with van der Waals surface area (Å²) in [6, 6.07) is 15.1. The molecule has 2 unspecified atom stereocenters. The lowest BCUT2D eigenvalue weighted by Gasteiger charge is -2.21. The van der Waals surface area contributed by atoms with Crippen LogP contribution in [0.1, 0.15) is 37.1 Å². The molecule has 5 heteroatoms. The zero-order valence-corrected chi connectivity index (χ0v) is 13.5. The average Bonchev–Trinajstić information content (AvgIpc) is 2.47. The van der Waals surface area contributed by atoms with Crippen LogP contribution in [0.5, 0.6) is 0 Å². The predicted octanol–water partition coefficient (Wildman–Crippen LogP) is 4.77. The fourth-order valence-corrected chi connectivity index (χ4v) is 2.65. The van der Waals surface area contributed by atoms with Crippen molar-refractivity contribution >= 4 is 21.6 Å². The Labute approximate surface area is 132 Å². The SMILES string of the molecule is CC(NC(C)c1cccc(Br)c1)c1ccc([N+](=O)[O-])cc1. The van der Waals surface area contributed by atoms with E-state index in [0.29, 0.717) is 0 Å². The van der Waals surface area contributed by atoms with Gasteiger partial charge in [-0.3, -0.25) is 10.1 Å². The average molecular weight is 349 g/mol. The van der Waals surface area contributed by atoms with Crippen molar-refractivity contribution < 1.29 is 4.92 Å². The highest BCUT2D eigenvalue weighted by Crippen LogP contribution is 2.23. The van der Waals surface area contributed by atoms with Gasteiger partial charge in [0.15, 0.2) is 0 Å². The summed E-state index contributed by atoms with van der Waals surface area (Å²) in [5.41, 5.74) is 2.34. The summed E-state index contributed by atoms with van der Waals surface area (Å²) in [5.74, 6) is 0. The van der Waals surface area contributed by atoms with Crippen molar-refractivity contribution in [2.75, 3.05) is 0 Å².